The maximum Gasteiger partial charge on any atom is 0.152 e. The molecule has 1 fully saturated rings. The smallest absolute Gasteiger partial charge is 0.152 e. The van der Waals surface area contributed by atoms with E-state index in [1.54, 1.807) is 6.20 Å². The van der Waals surface area contributed by atoms with Crippen LogP contribution in [-0.4, -0.2) is 41.9 Å². The number of pyridine rings is 1. The number of fused-ring (bicyclic) bond motifs is 2. The van der Waals surface area contributed by atoms with Crippen molar-refractivity contribution in [2.45, 2.75) is 37.5 Å². The van der Waals surface area contributed by atoms with E-state index in [1.807, 2.05) is 35.0 Å². The predicted octanol–water partition coefficient (Wildman–Crippen LogP) is 2.07. The van der Waals surface area contributed by atoms with Gasteiger partial charge in [0.15, 0.2) is 5.58 Å². The number of aliphatic hydroxyl groups is 2. The molecule has 0 aliphatic heterocycles. The van der Waals surface area contributed by atoms with Gasteiger partial charge in [0.25, 0.3) is 0 Å². The van der Waals surface area contributed by atoms with E-state index in [1.165, 1.54) is 6.33 Å². The van der Waals surface area contributed by atoms with Gasteiger partial charge in [0.05, 0.1) is 17.5 Å². The molecule has 0 saturated heterocycles. The summed E-state index contributed by atoms with van der Waals surface area (Å²) >= 11 is 0. The van der Waals surface area contributed by atoms with E-state index in [0.717, 1.165) is 22.2 Å². The van der Waals surface area contributed by atoms with Crippen molar-refractivity contribution in [3.05, 3.63) is 48.7 Å². The highest BCUT2D eigenvalue weighted by Crippen LogP contribution is 2.39. The summed E-state index contributed by atoms with van der Waals surface area (Å²) in [6.45, 7) is 0. The topological polar surface area (TPSA) is 123 Å². The SMILES string of the molecule is Nc1ncnc2c1ccn2[C@@H]1C[C@H](CCc2cc3ncccc3o2)[C@@H](O)[C@H]1O. The molecule has 1 aliphatic rings. The van der Waals surface area contributed by atoms with Crippen molar-refractivity contribution in [3.63, 3.8) is 0 Å². The van der Waals surface area contributed by atoms with E-state index >= 15 is 0 Å². The number of nitrogens with two attached hydrogens (primary N) is 1. The van der Waals surface area contributed by atoms with Crippen molar-refractivity contribution in [2.75, 3.05) is 5.73 Å². The Balaban J connectivity index is 1.35. The molecule has 4 aromatic heterocycles. The molecule has 0 unspecified atom stereocenters. The van der Waals surface area contributed by atoms with E-state index in [-0.39, 0.29) is 12.0 Å². The zero-order valence-electron chi connectivity index (χ0n) is 15.1. The Hall–Kier alpha value is -2.97. The van der Waals surface area contributed by atoms with Crippen LogP contribution in [-0.2, 0) is 6.42 Å². The first-order valence-electron chi connectivity index (χ1n) is 9.38. The number of nitrogen functional groups attached to an aromatic ring is 1. The van der Waals surface area contributed by atoms with E-state index in [9.17, 15) is 10.2 Å². The summed E-state index contributed by atoms with van der Waals surface area (Å²) in [7, 11) is 0. The third-order valence-electron chi connectivity index (χ3n) is 5.77. The molecule has 0 bridgehead atoms. The molecule has 4 aromatic rings. The van der Waals surface area contributed by atoms with Crippen molar-refractivity contribution < 1.29 is 14.6 Å². The molecule has 8 nitrogen and oxygen atoms in total. The second-order valence-electron chi connectivity index (χ2n) is 7.40. The lowest BCUT2D eigenvalue weighted by molar-refractivity contribution is 0.00528. The molecule has 4 atom stereocenters. The van der Waals surface area contributed by atoms with Gasteiger partial charge in [-0.1, -0.05) is 0 Å². The molecular formula is C20H21N5O3. The van der Waals surface area contributed by atoms with E-state index in [2.05, 4.69) is 15.0 Å². The highest BCUT2D eigenvalue weighted by atomic mass is 16.3. The van der Waals surface area contributed by atoms with Crippen molar-refractivity contribution in [3.8, 4) is 0 Å². The molecule has 1 saturated carbocycles. The average Bonchev–Trinajstić information content (AvgIpc) is 3.38. The molecule has 4 heterocycles. The molecule has 1 aliphatic carbocycles. The first-order chi connectivity index (χ1) is 13.6. The molecule has 0 spiro atoms. The fourth-order valence-electron chi connectivity index (χ4n) is 4.29. The van der Waals surface area contributed by atoms with Crippen LogP contribution >= 0.6 is 0 Å². The Bertz CT molecular complexity index is 1100. The molecule has 28 heavy (non-hydrogen) atoms. The van der Waals surface area contributed by atoms with Crippen LogP contribution in [0.1, 0.15) is 24.6 Å². The third-order valence-corrected chi connectivity index (χ3v) is 5.77. The van der Waals surface area contributed by atoms with Crippen LogP contribution in [0, 0.1) is 5.92 Å². The number of anilines is 1. The van der Waals surface area contributed by atoms with E-state index in [0.29, 0.717) is 30.7 Å². The van der Waals surface area contributed by atoms with Crippen LogP contribution in [0.5, 0.6) is 0 Å². The number of aromatic nitrogens is 4. The summed E-state index contributed by atoms with van der Waals surface area (Å²) in [5, 5.41) is 22.0. The number of rotatable bonds is 4. The lowest BCUT2D eigenvalue weighted by Gasteiger charge is -2.19. The standard InChI is InChI=1S/C20H21N5O3/c21-19-13-5-7-25(20(13)24-10-23-19)15-8-11(17(26)18(15)27)3-4-12-9-14-16(28-12)2-1-6-22-14/h1-2,5-7,9-11,15,17-18,26-27H,3-4,8H2,(H2,21,23,24)/t11-,15+,17+,18-/m0/s1. The van der Waals surface area contributed by atoms with Gasteiger partial charge in [-0.05, 0) is 37.0 Å². The summed E-state index contributed by atoms with van der Waals surface area (Å²) in [6.07, 6.45) is 5.38. The number of nitrogens with zero attached hydrogens (tertiary/aromatic N) is 4. The maximum absolute atomic E-state index is 10.7. The number of hydrogen-bond acceptors (Lipinski definition) is 7. The van der Waals surface area contributed by atoms with Crippen LogP contribution in [0.3, 0.4) is 0 Å². The van der Waals surface area contributed by atoms with Gasteiger partial charge >= 0.3 is 0 Å². The van der Waals surface area contributed by atoms with Crippen molar-refractivity contribution in [1.29, 1.82) is 0 Å². The lowest BCUT2D eigenvalue weighted by atomic mass is 9.98. The molecule has 0 amide bonds. The van der Waals surface area contributed by atoms with Gasteiger partial charge in [0, 0.05) is 24.9 Å². The summed E-state index contributed by atoms with van der Waals surface area (Å²) in [4.78, 5) is 12.6. The minimum Gasteiger partial charge on any atom is -0.459 e. The minimum atomic E-state index is -0.867. The van der Waals surface area contributed by atoms with Gasteiger partial charge in [0.1, 0.15) is 35.2 Å². The molecule has 4 N–H and O–H groups in total. The first-order valence-corrected chi connectivity index (χ1v) is 9.38. The molecule has 0 aromatic carbocycles. The quantitative estimate of drug-likeness (QED) is 0.496. The minimum absolute atomic E-state index is 0.0437. The van der Waals surface area contributed by atoms with Crippen LogP contribution in [0.2, 0.25) is 0 Å². The average molecular weight is 379 g/mol. The van der Waals surface area contributed by atoms with Gasteiger partial charge in [-0.2, -0.15) is 0 Å². The Kier molecular flexibility index (Phi) is 4.03. The Morgan fingerprint density at radius 2 is 2.07 bits per heavy atom. The second-order valence-corrected chi connectivity index (χ2v) is 7.40. The summed E-state index contributed by atoms with van der Waals surface area (Å²) in [6, 6.07) is 7.25. The summed E-state index contributed by atoms with van der Waals surface area (Å²) in [5.41, 5.74) is 8.18. The van der Waals surface area contributed by atoms with Gasteiger partial charge in [-0.15, -0.1) is 0 Å². The van der Waals surface area contributed by atoms with Gasteiger partial charge in [-0.25, -0.2) is 9.97 Å². The first kappa shape index (κ1) is 17.2. The highest BCUT2D eigenvalue weighted by Gasteiger charge is 2.42. The fraction of sp³-hybridized carbons (Fsp3) is 0.350. The molecule has 144 valence electrons. The predicted molar refractivity (Wildman–Crippen MR) is 103 cm³/mol. The summed E-state index contributed by atoms with van der Waals surface area (Å²) in [5.74, 6) is 1.20. The molecule has 0 radical (unpaired) electrons. The van der Waals surface area contributed by atoms with E-state index in [4.69, 9.17) is 10.2 Å². The van der Waals surface area contributed by atoms with E-state index < -0.39 is 12.2 Å². The normalized spacial score (nSPS) is 25.1. The Morgan fingerprint density at radius 3 is 2.93 bits per heavy atom. The molecule has 5 rings (SSSR count). The van der Waals surface area contributed by atoms with Gasteiger partial charge in [0.2, 0.25) is 0 Å². The van der Waals surface area contributed by atoms with Gasteiger partial charge in [-0.3, -0.25) is 4.98 Å². The maximum atomic E-state index is 10.7. The monoisotopic (exact) mass is 379 g/mol. The van der Waals surface area contributed by atoms with Crippen LogP contribution in [0.25, 0.3) is 22.1 Å². The zero-order valence-corrected chi connectivity index (χ0v) is 15.1. The van der Waals surface area contributed by atoms with Crippen molar-refractivity contribution >= 4 is 28.0 Å². The Morgan fingerprint density at radius 1 is 1.18 bits per heavy atom. The largest absolute Gasteiger partial charge is 0.459 e. The molecule has 8 heteroatoms. The molecular weight excluding hydrogens is 358 g/mol. The van der Waals surface area contributed by atoms with Crippen LogP contribution in [0.4, 0.5) is 5.82 Å². The van der Waals surface area contributed by atoms with Crippen LogP contribution in [0.15, 0.2) is 47.4 Å². The fourth-order valence-corrected chi connectivity index (χ4v) is 4.29. The van der Waals surface area contributed by atoms with Crippen molar-refractivity contribution in [2.24, 2.45) is 5.92 Å². The number of hydrogen-bond donors (Lipinski definition) is 3. The summed E-state index contributed by atoms with van der Waals surface area (Å²) < 4.78 is 7.71. The van der Waals surface area contributed by atoms with Crippen molar-refractivity contribution in [1.82, 2.24) is 19.5 Å². The number of furan rings is 1. The Labute approximate surface area is 160 Å². The van der Waals surface area contributed by atoms with Gasteiger partial charge < -0.3 is 24.9 Å². The number of aryl methyl sites for hydroxylation is 1. The number of aliphatic hydroxyl groups excluding tert-OH is 2. The zero-order chi connectivity index (χ0) is 19.3. The second kappa shape index (κ2) is 6.57. The van der Waals surface area contributed by atoms with Crippen LogP contribution < -0.4 is 5.73 Å². The third kappa shape index (κ3) is 2.73. The lowest BCUT2D eigenvalue weighted by Crippen LogP contribution is -2.29. The highest BCUT2D eigenvalue weighted by molar-refractivity contribution is 5.86.